The molecule has 0 aromatic carbocycles. The van der Waals surface area contributed by atoms with Crippen LogP contribution >= 0.6 is 0 Å². The van der Waals surface area contributed by atoms with E-state index in [2.05, 4.69) is 0 Å². The summed E-state index contributed by atoms with van der Waals surface area (Å²) in [4.78, 5) is 11.0. The molecule has 3 heteroatoms. The number of cyclic esters (lactones) is 1. The molecule has 1 aliphatic rings. The molecule has 0 saturated heterocycles. The van der Waals surface area contributed by atoms with E-state index in [9.17, 15) is 4.79 Å². The van der Waals surface area contributed by atoms with Gasteiger partial charge in [0, 0.05) is 12.8 Å². The van der Waals surface area contributed by atoms with Gasteiger partial charge in [0.2, 0.25) is 0 Å². The van der Waals surface area contributed by atoms with Gasteiger partial charge in [-0.2, -0.15) is 0 Å². The van der Waals surface area contributed by atoms with Gasteiger partial charge in [0.25, 0.3) is 0 Å². The normalized spacial score (nSPS) is 28.1. The Labute approximate surface area is 72.0 Å². The summed E-state index contributed by atoms with van der Waals surface area (Å²) in [7, 11) is 0. The molecule has 0 saturated carbocycles. The van der Waals surface area contributed by atoms with E-state index in [-0.39, 0.29) is 18.7 Å². The molecule has 0 aromatic rings. The van der Waals surface area contributed by atoms with Crippen molar-refractivity contribution in [3.8, 4) is 0 Å². The Bertz CT molecular complexity index is 175. The lowest BCUT2D eigenvalue weighted by molar-refractivity contribution is -0.150. The van der Waals surface area contributed by atoms with Crippen LogP contribution < -0.4 is 0 Å². The first kappa shape index (κ1) is 9.26. The van der Waals surface area contributed by atoms with Gasteiger partial charge in [0.1, 0.15) is 6.10 Å². The molecule has 1 atom stereocenters. The minimum atomic E-state index is -0.341. The van der Waals surface area contributed by atoms with Gasteiger partial charge in [-0.05, 0) is 12.8 Å². The molecule has 0 bridgehead atoms. The number of allylic oxidation sites excluding steroid dienone is 1. The van der Waals surface area contributed by atoms with Crippen molar-refractivity contribution in [2.45, 2.75) is 31.8 Å². The van der Waals surface area contributed by atoms with Gasteiger partial charge in [-0.25, -0.2) is 0 Å². The van der Waals surface area contributed by atoms with Crippen LogP contribution in [0.4, 0.5) is 0 Å². The van der Waals surface area contributed by atoms with E-state index in [4.69, 9.17) is 9.84 Å². The van der Waals surface area contributed by atoms with Crippen molar-refractivity contribution in [2.75, 3.05) is 6.61 Å². The zero-order valence-electron chi connectivity index (χ0n) is 7.03. The number of carbonyl (C=O) groups excluding carboxylic acids is 1. The molecular formula is C9H14O3. The van der Waals surface area contributed by atoms with Gasteiger partial charge in [-0.1, -0.05) is 12.2 Å². The van der Waals surface area contributed by atoms with E-state index < -0.39 is 0 Å². The fourth-order valence-corrected chi connectivity index (χ4v) is 1.13. The monoisotopic (exact) mass is 170 g/mol. The summed E-state index contributed by atoms with van der Waals surface area (Å²) < 4.78 is 4.98. The molecule has 0 spiro atoms. The van der Waals surface area contributed by atoms with Crippen LogP contribution in [0, 0.1) is 0 Å². The Morgan fingerprint density at radius 2 is 2.42 bits per heavy atom. The van der Waals surface area contributed by atoms with E-state index in [1.807, 2.05) is 12.2 Å². The quantitative estimate of drug-likeness (QED) is 0.472. The molecule has 0 fully saturated rings. The smallest absolute Gasteiger partial charge is 0.306 e. The molecule has 0 aliphatic carbocycles. The number of rotatable bonds is 1. The van der Waals surface area contributed by atoms with Crippen LogP contribution in [-0.2, 0) is 9.53 Å². The molecule has 1 rings (SSSR count). The third-order valence-corrected chi connectivity index (χ3v) is 1.82. The third kappa shape index (κ3) is 3.05. The molecule has 0 amide bonds. The largest absolute Gasteiger partial charge is 0.460 e. The molecule has 0 radical (unpaired) electrons. The van der Waals surface area contributed by atoms with Crippen LogP contribution in [0.1, 0.15) is 25.7 Å². The molecular weight excluding hydrogens is 156 g/mol. The number of hydrogen-bond acceptors (Lipinski definition) is 3. The van der Waals surface area contributed by atoms with Crippen LogP contribution in [0.15, 0.2) is 12.2 Å². The Morgan fingerprint density at radius 3 is 3.17 bits per heavy atom. The molecule has 1 N–H and O–H groups in total. The standard InChI is InChI=1S/C9H14O3/c10-7-8-5-3-1-2-4-6-9(11)12-8/h1,3,8,10H,2,4-7H2/b3-1-. The topological polar surface area (TPSA) is 46.5 Å². The number of carbonyl (C=O) groups is 1. The van der Waals surface area contributed by atoms with Crippen molar-refractivity contribution in [3.63, 3.8) is 0 Å². The fraction of sp³-hybridized carbons (Fsp3) is 0.667. The van der Waals surface area contributed by atoms with Gasteiger partial charge in [0.15, 0.2) is 0 Å². The molecule has 1 heterocycles. The summed E-state index contributed by atoms with van der Waals surface area (Å²) in [5.74, 6) is -0.197. The van der Waals surface area contributed by atoms with E-state index in [0.717, 1.165) is 12.8 Å². The Balaban J connectivity index is 2.46. The molecule has 1 unspecified atom stereocenters. The number of hydrogen-bond donors (Lipinski definition) is 1. The van der Waals surface area contributed by atoms with E-state index in [1.165, 1.54) is 0 Å². The van der Waals surface area contributed by atoms with Crippen LogP contribution in [0.2, 0.25) is 0 Å². The third-order valence-electron chi connectivity index (χ3n) is 1.82. The van der Waals surface area contributed by atoms with Crippen molar-refractivity contribution >= 4 is 5.97 Å². The predicted molar refractivity (Wildman–Crippen MR) is 44.6 cm³/mol. The maximum Gasteiger partial charge on any atom is 0.306 e. The van der Waals surface area contributed by atoms with Gasteiger partial charge in [-0.3, -0.25) is 4.79 Å². The lowest BCUT2D eigenvalue weighted by Gasteiger charge is -2.12. The van der Waals surface area contributed by atoms with Crippen molar-refractivity contribution in [2.24, 2.45) is 0 Å². The number of esters is 1. The molecule has 68 valence electrons. The minimum Gasteiger partial charge on any atom is -0.460 e. The molecule has 12 heavy (non-hydrogen) atoms. The van der Waals surface area contributed by atoms with Crippen LogP contribution in [-0.4, -0.2) is 23.8 Å². The molecule has 1 aliphatic heterocycles. The Morgan fingerprint density at radius 1 is 1.58 bits per heavy atom. The lowest BCUT2D eigenvalue weighted by atomic mass is 10.2. The Kier molecular flexibility index (Phi) is 3.80. The summed E-state index contributed by atoms with van der Waals surface area (Å²) in [6.07, 6.45) is 6.50. The van der Waals surface area contributed by atoms with Gasteiger partial charge >= 0.3 is 5.97 Å². The van der Waals surface area contributed by atoms with Crippen molar-refractivity contribution in [3.05, 3.63) is 12.2 Å². The fourth-order valence-electron chi connectivity index (χ4n) is 1.13. The minimum absolute atomic E-state index is 0.0872. The van der Waals surface area contributed by atoms with Gasteiger partial charge < -0.3 is 9.84 Å². The lowest BCUT2D eigenvalue weighted by Crippen LogP contribution is -2.20. The van der Waals surface area contributed by atoms with Gasteiger partial charge in [0.05, 0.1) is 6.61 Å². The summed E-state index contributed by atoms with van der Waals surface area (Å²) in [6, 6.07) is 0. The summed E-state index contributed by atoms with van der Waals surface area (Å²) in [6.45, 7) is -0.0872. The second-order valence-electron chi connectivity index (χ2n) is 2.89. The number of aliphatic hydroxyl groups excluding tert-OH is 1. The highest BCUT2D eigenvalue weighted by Gasteiger charge is 2.12. The summed E-state index contributed by atoms with van der Waals surface area (Å²) in [5.41, 5.74) is 0. The molecule has 0 aromatic heterocycles. The zero-order valence-corrected chi connectivity index (χ0v) is 7.03. The average molecular weight is 170 g/mol. The highest BCUT2D eigenvalue weighted by Crippen LogP contribution is 2.08. The van der Waals surface area contributed by atoms with E-state index in [1.54, 1.807) is 0 Å². The van der Waals surface area contributed by atoms with Crippen molar-refractivity contribution in [1.29, 1.82) is 0 Å². The van der Waals surface area contributed by atoms with Crippen molar-refractivity contribution < 1.29 is 14.6 Å². The zero-order chi connectivity index (χ0) is 8.81. The first-order valence-corrected chi connectivity index (χ1v) is 4.28. The maximum atomic E-state index is 11.0. The summed E-state index contributed by atoms with van der Waals surface area (Å²) in [5, 5.41) is 8.81. The Hall–Kier alpha value is -0.830. The highest BCUT2D eigenvalue weighted by molar-refractivity contribution is 5.69. The van der Waals surface area contributed by atoms with E-state index >= 15 is 0 Å². The predicted octanol–water partition coefficient (Wildman–Crippen LogP) is 1.02. The highest BCUT2D eigenvalue weighted by atomic mass is 16.5. The van der Waals surface area contributed by atoms with Crippen LogP contribution in [0.5, 0.6) is 0 Å². The van der Waals surface area contributed by atoms with Crippen molar-refractivity contribution in [1.82, 2.24) is 0 Å². The second-order valence-corrected chi connectivity index (χ2v) is 2.89. The van der Waals surface area contributed by atoms with Crippen LogP contribution in [0.25, 0.3) is 0 Å². The first-order chi connectivity index (χ1) is 5.83. The second kappa shape index (κ2) is 4.93. The number of ether oxygens (including phenoxy) is 1. The number of aliphatic hydroxyl groups is 1. The van der Waals surface area contributed by atoms with Crippen LogP contribution in [0.3, 0.4) is 0 Å². The van der Waals surface area contributed by atoms with Gasteiger partial charge in [-0.15, -0.1) is 0 Å². The first-order valence-electron chi connectivity index (χ1n) is 4.28. The molecule has 3 nitrogen and oxygen atoms in total. The van der Waals surface area contributed by atoms with E-state index in [0.29, 0.717) is 12.8 Å². The summed E-state index contributed by atoms with van der Waals surface area (Å²) >= 11 is 0. The maximum absolute atomic E-state index is 11.0. The average Bonchev–Trinajstić information content (AvgIpc) is 2.16. The SMILES string of the molecule is O=C1CCC/C=C\CC(CO)O1.